The SMILES string of the molecule is CCCCCCCCc1ccc(O)c(C=N[C@H]2CCCC[C@H]2N=Cc2cc(CCCCCCCC)ccc2O)c1. The number of aryl methyl sites for hydroxylation is 2. The molecule has 3 rings (SSSR count). The molecule has 4 heteroatoms. The molecule has 2 aromatic carbocycles. The molecule has 1 saturated carbocycles. The highest BCUT2D eigenvalue weighted by molar-refractivity contribution is 5.84. The number of aromatic hydroxyl groups is 2. The molecule has 0 saturated heterocycles. The predicted molar refractivity (Wildman–Crippen MR) is 172 cm³/mol. The van der Waals surface area contributed by atoms with E-state index in [0.29, 0.717) is 11.5 Å². The lowest BCUT2D eigenvalue weighted by Gasteiger charge is -2.25. The summed E-state index contributed by atoms with van der Waals surface area (Å²) < 4.78 is 0. The van der Waals surface area contributed by atoms with Crippen LogP contribution in [0.5, 0.6) is 11.5 Å². The molecule has 1 aliphatic carbocycles. The van der Waals surface area contributed by atoms with Crippen LogP contribution < -0.4 is 0 Å². The van der Waals surface area contributed by atoms with Crippen LogP contribution in [0.2, 0.25) is 0 Å². The highest BCUT2D eigenvalue weighted by Gasteiger charge is 2.23. The van der Waals surface area contributed by atoms with E-state index in [-0.39, 0.29) is 12.1 Å². The van der Waals surface area contributed by atoms with Crippen LogP contribution in [-0.2, 0) is 12.8 Å². The van der Waals surface area contributed by atoms with E-state index in [4.69, 9.17) is 9.98 Å². The largest absolute Gasteiger partial charge is 0.507 e. The summed E-state index contributed by atoms with van der Waals surface area (Å²) in [6.07, 6.45) is 25.5. The Labute approximate surface area is 244 Å². The molecule has 220 valence electrons. The number of rotatable bonds is 18. The van der Waals surface area contributed by atoms with E-state index in [1.807, 2.05) is 36.7 Å². The molecule has 0 bridgehead atoms. The van der Waals surface area contributed by atoms with E-state index in [1.54, 1.807) is 0 Å². The Morgan fingerprint density at radius 2 is 1.00 bits per heavy atom. The Morgan fingerprint density at radius 1 is 0.600 bits per heavy atom. The van der Waals surface area contributed by atoms with Crippen molar-refractivity contribution in [2.45, 2.75) is 142 Å². The van der Waals surface area contributed by atoms with Gasteiger partial charge in [0.2, 0.25) is 0 Å². The molecule has 0 unspecified atom stereocenters. The number of nitrogens with zero attached hydrogens (tertiary/aromatic N) is 2. The Morgan fingerprint density at radius 3 is 1.43 bits per heavy atom. The molecular weight excluding hydrogens is 492 g/mol. The fraction of sp³-hybridized carbons (Fsp3) is 0.611. The maximum Gasteiger partial charge on any atom is 0.124 e. The van der Waals surface area contributed by atoms with Crippen molar-refractivity contribution in [3.8, 4) is 11.5 Å². The molecule has 1 aliphatic rings. The van der Waals surface area contributed by atoms with Crippen LogP contribution in [0.3, 0.4) is 0 Å². The maximum atomic E-state index is 10.5. The van der Waals surface area contributed by atoms with Crippen molar-refractivity contribution < 1.29 is 10.2 Å². The van der Waals surface area contributed by atoms with Gasteiger partial charge in [-0.1, -0.05) is 103 Å². The van der Waals surface area contributed by atoms with Gasteiger partial charge in [-0.05, 0) is 73.9 Å². The molecular formula is C36H54N2O2. The number of hydrogen-bond acceptors (Lipinski definition) is 4. The Balaban J connectivity index is 1.57. The molecule has 2 N–H and O–H groups in total. The van der Waals surface area contributed by atoms with Crippen LogP contribution in [0.1, 0.15) is 139 Å². The van der Waals surface area contributed by atoms with Gasteiger partial charge in [-0.2, -0.15) is 0 Å². The van der Waals surface area contributed by atoms with Crippen molar-refractivity contribution >= 4 is 12.4 Å². The lowest BCUT2D eigenvalue weighted by atomic mass is 9.91. The third-order valence-electron chi connectivity index (χ3n) is 8.33. The second kappa shape index (κ2) is 18.7. The van der Waals surface area contributed by atoms with Crippen LogP contribution in [0.15, 0.2) is 46.4 Å². The minimum Gasteiger partial charge on any atom is -0.507 e. The summed E-state index contributed by atoms with van der Waals surface area (Å²) in [5.74, 6) is 0.580. The summed E-state index contributed by atoms with van der Waals surface area (Å²) in [5.41, 5.74) is 4.14. The fourth-order valence-electron chi connectivity index (χ4n) is 5.74. The van der Waals surface area contributed by atoms with Crippen molar-refractivity contribution in [3.05, 3.63) is 58.7 Å². The van der Waals surface area contributed by atoms with Gasteiger partial charge in [-0.15, -0.1) is 0 Å². The molecule has 0 spiro atoms. The summed E-state index contributed by atoms with van der Waals surface area (Å²) in [6, 6.07) is 12.1. The second-order valence-corrected chi connectivity index (χ2v) is 11.8. The van der Waals surface area contributed by atoms with Gasteiger partial charge in [0, 0.05) is 23.6 Å². The van der Waals surface area contributed by atoms with E-state index >= 15 is 0 Å². The summed E-state index contributed by atoms with van der Waals surface area (Å²) >= 11 is 0. The third kappa shape index (κ3) is 11.5. The van der Waals surface area contributed by atoms with Gasteiger partial charge in [0.15, 0.2) is 0 Å². The Hall–Kier alpha value is -2.62. The summed E-state index contributed by atoms with van der Waals surface area (Å²) in [6.45, 7) is 4.51. The van der Waals surface area contributed by atoms with Crippen molar-refractivity contribution in [3.63, 3.8) is 0 Å². The van der Waals surface area contributed by atoms with Crippen LogP contribution in [-0.4, -0.2) is 34.7 Å². The van der Waals surface area contributed by atoms with E-state index in [0.717, 1.165) is 49.7 Å². The van der Waals surface area contributed by atoms with Crippen molar-refractivity contribution in [2.75, 3.05) is 0 Å². The molecule has 40 heavy (non-hydrogen) atoms. The number of benzene rings is 2. The Kier molecular flexibility index (Phi) is 14.9. The van der Waals surface area contributed by atoms with Crippen LogP contribution in [0.25, 0.3) is 0 Å². The first-order chi connectivity index (χ1) is 19.6. The van der Waals surface area contributed by atoms with Gasteiger partial charge < -0.3 is 10.2 Å². The van der Waals surface area contributed by atoms with Gasteiger partial charge in [0.25, 0.3) is 0 Å². The molecule has 0 amide bonds. The fourth-order valence-corrected chi connectivity index (χ4v) is 5.74. The third-order valence-corrected chi connectivity index (χ3v) is 8.33. The first-order valence-corrected chi connectivity index (χ1v) is 16.3. The van der Waals surface area contributed by atoms with E-state index < -0.39 is 0 Å². The maximum absolute atomic E-state index is 10.5. The zero-order valence-electron chi connectivity index (χ0n) is 25.3. The molecule has 0 radical (unpaired) electrons. The van der Waals surface area contributed by atoms with Crippen LogP contribution in [0, 0.1) is 0 Å². The first-order valence-electron chi connectivity index (χ1n) is 16.3. The van der Waals surface area contributed by atoms with Crippen molar-refractivity contribution in [2.24, 2.45) is 9.98 Å². The topological polar surface area (TPSA) is 65.2 Å². The summed E-state index contributed by atoms with van der Waals surface area (Å²) in [4.78, 5) is 9.86. The quantitative estimate of drug-likeness (QED) is 0.144. The number of unbranched alkanes of at least 4 members (excludes halogenated alkanes) is 10. The van der Waals surface area contributed by atoms with E-state index in [9.17, 15) is 10.2 Å². The minimum atomic E-state index is 0.0973. The van der Waals surface area contributed by atoms with Gasteiger partial charge in [0.1, 0.15) is 11.5 Å². The molecule has 4 nitrogen and oxygen atoms in total. The van der Waals surface area contributed by atoms with Gasteiger partial charge in [-0.3, -0.25) is 9.98 Å². The minimum absolute atomic E-state index is 0.0973. The molecule has 2 aromatic rings. The van der Waals surface area contributed by atoms with Crippen molar-refractivity contribution in [1.29, 1.82) is 0 Å². The van der Waals surface area contributed by atoms with Crippen LogP contribution in [0.4, 0.5) is 0 Å². The molecule has 2 atom stereocenters. The van der Waals surface area contributed by atoms with Crippen LogP contribution >= 0.6 is 0 Å². The monoisotopic (exact) mass is 546 g/mol. The van der Waals surface area contributed by atoms with E-state index in [1.165, 1.54) is 88.2 Å². The zero-order chi connectivity index (χ0) is 28.4. The molecule has 0 aromatic heterocycles. The summed E-state index contributed by atoms with van der Waals surface area (Å²) in [5, 5.41) is 20.9. The number of phenols is 2. The van der Waals surface area contributed by atoms with Gasteiger partial charge in [-0.25, -0.2) is 0 Å². The first kappa shape index (κ1) is 31.9. The highest BCUT2D eigenvalue weighted by atomic mass is 16.3. The molecule has 0 heterocycles. The second-order valence-electron chi connectivity index (χ2n) is 11.8. The number of aliphatic imine (C=N–C) groups is 2. The standard InChI is InChI=1S/C36H54N2O2/c1-3-5-7-9-11-13-17-29-21-23-35(39)31(25-29)27-37-33-19-15-16-20-34(33)38-28-32-26-30(22-24-36(32)40)18-14-12-10-8-6-4-2/h21-28,33-34,39-40H,3-20H2,1-2H3/t33-,34+. The Bertz CT molecular complexity index is 962. The van der Waals surface area contributed by atoms with Crippen molar-refractivity contribution in [1.82, 2.24) is 0 Å². The number of phenolic OH excluding ortho intramolecular Hbond substituents is 2. The zero-order valence-corrected chi connectivity index (χ0v) is 25.3. The molecule has 1 fully saturated rings. The lowest BCUT2D eigenvalue weighted by molar-refractivity contribution is 0.390. The normalized spacial score (nSPS) is 17.8. The molecule has 0 aliphatic heterocycles. The number of hydrogen-bond donors (Lipinski definition) is 2. The highest BCUT2D eigenvalue weighted by Crippen LogP contribution is 2.26. The lowest BCUT2D eigenvalue weighted by Crippen LogP contribution is -2.27. The van der Waals surface area contributed by atoms with Gasteiger partial charge >= 0.3 is 0 Å². The smallest absolute Gasteiger partial charge is 0.124 e. The van der Waals surface area contributed by atoms with E-state index in [2.05, 4.69) is 26.0 Å². The predicted octanol–water partition coefficient (Wildman–Crippen LogP) is 9.75. The average molecular weight is 547 g/mol. The van der Waals surface area contributed by atoms with Gasteiger partial charge in [0.05, 0.1) is 12.1 Å². The summed E-state index contributed by atoms with van der Waals surface area (Å²) in [7, 11) is 0. The average Bonchev–Trinajstić information content (AvgIpc) is 2.97.